The molecule has 0 aliphatic carbocycles. The summed E-state index contributed by atoms with van der Waals surface area (Å²) in [6, 6.07) is 0. The zero-order valence-corrected chi connectivity index (χ0v) is 9.20. The van der Waals surface area contributed by atoms with Gasteiger partial charge in [0.15, 0.2) is 0 Å². The largest absolute Gasteiger partial charge is 1.00 e. The van der Waals surface area contributed by atoms with Gasteiger partial charge in [-0.1, -0.05) is 0 Å². The van der Waals surface area contributed by atoms with E-state index in [-0.39, 0.29) is 31.0 Å². The zero-order chi connectivity index (χ0) is 7.49. The van der Waals surface area contributed by atoms with Crippen molar-refractivity contribution < 1.29 is 52.3 Å². The van der Waals surface area contributed by atoms with Gasteiger partial charge in [-0.05, 0) is 11.1 Å². The molecule has 0 amide bonds. The van der Waals surface area contributed by atoms with Crippen molar-refractivity contribution in [2.24, 2.45) is 0 Å². The fourth-order valence-electron chi connectivity index (χ4n) is 0.127. The maximum absolute atomic E-state index is 10.0. The molecule has 8 heteroatoms. The molecule has 0 heterocycles. The first-order valence-corrected chi connectivity index (χ1v) is 4.88. The summed E-state index contributed by atoms with van der Waals surface area (Å²) in [5.74, 6) is -0.807. The van der Waals surface area contributed by atoms with Gasteiger partial charge in [0.1, 0.15) is 5.94 Å². The van der Waals surface area contributed by atoms with Gasteiger partial charge >= 0.3 is 29.6 Å². The third-order valence-electron chi connectivity index (χ3n) is 0.358. The normalized spacial score (nSPS) is 13.8. The molecule has 0 radical (unpaired) electrons. The Kier molecular flexibility index (Phi) is 7.67. The van der Waals surface area contributed by atoms with Gasteiger partial charge < -0.3 is 5.98 Å². The van der Waals surface area contributed by atoms with Crippen LogP contribution in [0.15, 0.2) is 0 Å². The summed E-state index contributed by atoms with van der Waals surface area (Å²) in [5, 5.41) is 0. The van der Waals surface area contributed by atoms with E-state index in [1.54, 1.807) is 0 Å². The predicted octanol–water partition coefficient (Wildman–Crippen LogP) is -4.08. The summed E-state index contributed by atoms with van der Waals surface area (Å²) >= 11 is -2.46. The molecule has 0 N–H and O–H groups in total. The van der Waals surface area contributed by atoms with Crippen LogP contribution in [0.4, 0.5) is 0 Å². The Hall–Kier alpha value is 1.02. The van der Waals surface area contributed by atoms with Gasteiger partial charge in [0.05, 0.1) is 6.26 Å². The van der Waals surface area contributed by atoms with E-state index < -0.39 is 27.1 Å². The first-order chi connectivity index (χ1) is 3.92. The van der Waals surface area contributed by atoms with Crippen molar-refractivity contribution in [3.63, 3.8) is 0 Å². The fraction of sp³-hybridized carbons (Fsp3) is 1.00. The Balaban J connectivity index is -0.000000320. The van der Waals surface area contributed by atoms with Crippen LogP contribution in [-0.2, 0) is 25.4 Å². The molecule has 0 aromatic carbocycles. The predicted molar refractivity (Wildman–Crippen MR) is 30.8 cm³/mol. The van der Waals surface area contributed by atoms with Crippen LogP contribution in [0.2, 0.25) is 0 Å². The van der Waals surface area contributed by atoms with Crippen LogP contribution in [-0.4, -0.2) is 29.4 Å². The molecule has 5 nitrogen and oxygen atoms in total. The summed E-state index contributed by atoms with van der Waals surface area (Å²) in [6.45, 7) is 0. The topological polar surface area (TPSA) is 83.5 Å². The van der Waals surface area contributed by atoms with E-state index in [1.807, 2.05) is 0 Å². The van der Waals surface area contributed by atoms with Gasteiger partial charge in [-0.2, -0.15) is 8.42 Å². The molecule has 0 saturated heterocycles. The smallest absolute Gasteiger partial charge is 1.00 e. The maximum atomic E-state index is 10.0. The molecule has 1 unspecified atom stereocenters. The first kappa shape index (κ1) is 13.6. The molecule has 0 bridgehead atoms. The Morgan fingerprint density at radius 1 is 1.70 bits per heavy atom. The Morgan fingerprint density at radius 2 is 2.10 bits per heavy atom. The van der Waals surface area contributed by atoms with E-state index in [2.05, 4.69) is 4.18 Å². The molecule has 0 aromatic heterocycles. The molecule has 10 heavy (non-hydrogen) atoms. The quantitative estimate of drug-likeness (QED) is 0.261. The summed E-state index contributed by atoms with van der Waals surface area (Å²) in [4.78, 5) is 0. The van der Waals surface area contributed by atoms with Crippen LogP contribution in [0.1, 0.15) is 1.43 Å². The Bertz CT molecular complexity index is 201. The molecule has 0 aromatic rings. The molecule has 0 aliphatic heterocycles. The van der Waals surface area contributed by atoms with Crippen molar-refractivity contribution in [2.45, 2.75) is 0 Å². The monoisotopic (exact) mass is 197 g/mol. The van der Waals surface area contributed by atoms with E-state index in [0.717, 1.165) is 6.26 Å². The van der Waals surface area contributed by atoms with Crippen LogP contribution in [0, 0.1) is 0 Å². The minimum Gasteiger partial charge on any atom is -1.00 e. The Labute approximate surface area is 85.3 Å². The van der Waals surface area contributed by atoms with Gasteiger partial charge in [0, 0.05) is 0 Å². The van der Waals surface area contributed by atoms with Gasteiger partial charge in [0.2, 0.25) is 0 Å². The fourth-order valence-corrected chi connectivity index (χ4v) is 1.14. The molecule has 58 valence electrons. The second-order valence-electron chi connectivity index (χ2n) is 1.24. The minimum absolute atomic E-state index is 0. The van der Waals surface area contributed by atoms with Crippen LogP contribution < -0.4 is 29.6 Å². The molecular weight excluding hydrogens is 191 g/mol. The van der Waals surface area contributed by atoms with E-state index >= 15 is 0 Å². The summed E-state index contributed by atoms with van der Waals surface area (Å²) in [7, 11) is -3.61. The summed E-state index contributed by atoms with van der Waals surface area (Å²) in [6.07, 6.45) is 0.778. The second kappa shape index (κ2) is 5.64. The second-order valence-corrected chi connectivity index (χ2v) is 3.73. The van der Waals surface area contributed by atoms with Crippen LogP contribution >= 0.6 is 0 Å². The molecule has 0 spiro atoms. The third kappa shape index (κ3) is 11.8. The first-order valence-electron chi connectivity index (χ1n) is 1.82. The van der Waals surface area contributed by atoms with Gasteiger partial charge in [-0.3, -0.25) is 8.39 Å². The molecular formula is C2H6NaO5S2-. The van der Waals surface area contributed by atoms with Gasteiger partial charge in [-0.25, -0.2) is 0 Å². The SMILES string of the molecule is CS(=O)(=O)OCS(=O)[O-].[H-].[Na+]. The Morgan fingerprint density at radius 3 is 2.20 bits per heavy atom. The number of hydrogen-bond acceptors (Lipinski definition) is 5. The van der Waals surface area contributed by atoms with E-state index in [9.17, 15) is 17.2 Å². The van der Waals surface area contributed by atoms with Gasteiger partial charge in [-0.15, -0.1) is 0 Å². The average molecular weight is 197 g/mol. The zero-order valence-electron chi connectivity index (χ0n) is 6.56. The molecule has 0 saturated carbocycles. The third-order valence-corrected chi connectivity index (χ3v) is 1.36. The van der Waals surface area contributed by atoms with E-state index in [1.165, 1.54) is 0 Å². The molecule has 0 fully saturated rings. The van der Waals surface area contributed by atoms with Crippen molar-refractivity contribution in [3.8, 4) is 0 Å². The van der Waals surface area contributed by atoms with Crippen molar-refractivity contribution in [3.05, 3.63) is 0 Å². The summed E-state index contributed by atoms with van der Waals surface area (Å²) < 4.78 is 43.2. The number of hydrogen-bond donors (Lipinski definition) is 0. The number of rotatable bonds is 3. The van der Waals surface area contributed by atoms with Crippen molar-refractivity contribution in [1.29, 1.82) is 0 Å². The van der Waals surface area contributed by atoms with E-state index in [4.69, 9.17) is 0 Å². The minimum atomic E-state index is -3.61. The van der Waals surface area contributed by atoms with Crippen molar-refractivity contribution in [2.75, 3.05) is 12.2 Å². The van der Waals surface area contributed by atoms with Crippen molar-refractivity contribution in [1.82, 2.24) is 0 Å². The average Bonchev–Trinajstić information content (AvgIpc) is 1.59. The standard InChI is InChI=1S/C2H6O5S2.Na.H/c1-9(5,6)7-2-8(3)4;;/h2H2,1H3,(H,3,4);;/q;+1;-1/p-1. The molecule has 0 rings (SSSR count). The van der Waals surface area contributed by atoms with Crippen molar-refractivity contribution >= 4 is 21.2 Å². The summed E-state index contributed by atoms with van der Waals surface area (Å²) in [5.41, 5.74) is 0. The molecule has 1 atom stereocenters. The maximum Gasteiger partial charge on any atom is 1.00 e. The van der Waals surface area contributed by atoms with E-state index in [0.29, 0.717) is 0 Å². The van der Waals surface area contributed by atoms with Crippen LogP contribution in [0.5, 0.6) is 0 Å². The molecule has 0 aliphatic rings. The van der Waals surface area contributed by atoms with Crippen LogP contribution in [0.25, 0.3) is 0 Å². The van der Waals surface area contributed by atoms with Gasteiger partial charge in [0.25, 0.3) is 10.1 Å². The van der Waals surface area contributed by atoms with Crippen LogP contribution in [0.3, 0.4) is 0 Å².